The topological polar surface area (TPSA) is 89.3 Å². The smallest absolute Gasteiger partial charge is 0.326 e. The molecular formula is C21H22N2O3S. The van der Waals surface area contributed by atoms with Crippen LogP contribution in [0, 0.1) is 6.92 Å². The third-order valence-corrected chi connectivity index (χ3v) is 5.02. The van der Waals surface area contributed by atoms with Crippen molar-refractivity contribution in [2.75, 3.05) is 0 Å². The number of nitrogens with one attached hydrogen (secondary N) is 1. The lowest BCUT2D eigenvalue weighted by molar-refractivity contribution is 0.253. The van der Waals surface area contributed by atoms with Crippen LogP contribution >= 0.6 is 0 Å². The largest absolute Gasteiger partial charge is 0.351 e. The van der Waals surface area contributed by atoms with E-state index in [1.165, 1.54) is 23.3 Å². The average Bonchev–Trinajstić information content (AvgIpc) is 2.63. The minimum Gasteiger partial charge on any atom is -0.351 e. The van der Waals surface area contributed by atoms with Gasteiger partial charge in [0.25, 0.3) is 10.0 Å². The molecule has 0 aliphatic rings. The third-order valence-electron chi connectivity index (χ3n) is 3.66. The Morgan fingerprint density at radius 3 is 1.67 bits per heavy atom. The van der Waals surface area contributed by atoms with Crippen molar-refractivity contribution in [3.63, 3.8) is 0 Å². The van der Waals surface area contributed by atoms with Crippen molar-refractivity contribution in [3.8, 4) is 0 Å². The second-order valence-electron chi connectivity index (χ2n) is 5.93. The molecule has 0 saturated heterocycles. The molecule has 0 heterocycles. The second-order valence-corrected chi connectivity index (χ2v) is 7.61. The molecule has 0 saturated carbocycles. The van der Waals surface area contributed by atoms with Crippen LogP contribution in [-0.2, 0) is 16.4 Å². The fraction of sp³-hybridized carbons (Fsp3) is 0.0952. The molecule has 3 N–H and O–H groups in total. The quantitative estimate of drug-likeness (QED) is 0.722. The Morgan fingerprint density at radius 2 is 1.26 bits per heavy atom. The Morgan fingerprint density at radius 1 is 0.815 bits per heavy atom. The summed E-state index contributed by atoms with van der Waals surface area (Å²) in [5.74, 6) is 0. The number of benzene rings is 3. The number of carbonyl (C=O) groups is 1. The number of sulfonamides is 1. The number of primary amides is 1. The third kappa shape index (κ3) is 6.95. The van der Waals surface area contributed by atoms with Crippen molar-refractivity contribution in [1.29, 1.82) is 0 Å². The van der Waals surface area contributed by atoms with E-state index < -0.39 is 16.1 Å². The van der Waals surface area contributed by atoms with Gasteiger partial charge in [-0.25, -0.2) is 17.9 Å². The van der Waals surface area contributed by atoms with Crippen LogP contribution in [0.4, 0.5) is 4.79 Å². The lowest BCUT2D eigenvalue weighted by atomic mass is 10.1. The minimum atomic E-state index is -3.80. The van der Waals surface area contributed by atoms with E-state index in [1.54, 1.807) is 16.9 Å². The van der Waals surface area contributed by atoms with Crippen LogP contribution < -0.4 is 10.5 Å². The molecule has 5 nitrogen and oxygen atoms in total. The highest BCUT2D eigenvalue weighted by atomic mass is 32.2. The summed E-state index contributed by atoms with van der Waals surface area (Å²) in [6.07, 6.45) is 1.03. The summed E-state index contributed by atoms with van der Waals surface area (Å²) in [5.41, 5.74) is 8.39. The van der Waals surface area contributed by atoms with Crippen LogP contribution in [0.15, 0.2) is 89.8 Å². The molecule has 27 heavy (non-hydrogen) atoms. The fourth-order valence-electron chi connectivity index (χ4n) is 2.34. The standard InChI is InChI=1S/C13H12.C8H10N2O3S/c1-3-7-12(8-4-1)11-13-9-5-2-6-10-13;1-6-2-4-7(5-3-6)14(12,13)10-8(9)11/h1-10H,11H2;2-5H,1H3,(H3,9,10,11). The van der Waals surface area contributed by atoms with Gasteiger partial charge >= 0.3 is 6.03 Å². The molecule has 0 aromatic heterocycles. The Balaban J connectivity index is 0.000000194. The first kappa shape index (κ1) is 20.2. The first-order valence-electron chi connectivity index (χ1n) is 8.33. The minimum absolute atomic E-state index is 0.0156. The van der Waals surface area contributed by atoms with Crippen LogP contribution in [0.3, 0.4) is 0 Å². The maximum Gasteiger partial charge on any atom is 0.326 e. The van der Waals surface area contributed by atoms with Crippen LogP contribution in [0.5, 0.6) is 0 Å². The van der Waals surface area contributed by atoms with Crippen molar-refractivity contribution < 1.29 is 13.2 Å². The monoisotopic (exact) mass is 382 g/mol. The Bertz CT molecular complexity index is 918. The number of hydrogen-bond acceptors (Lipinski definition) is 3. The van der Waals surface area contributed by atoms with E-state index in [-0.39, 0.29) is 4.90 Å². The van der Waals surface area contributed by atoms with Crippen LogP contribution in [0.2, 0.25) is 0 Å². The lowest BCUT2D eigenvalue weighted by Gasteiger charge is -2.03. The number of urea groups is 1. The molecule has 3 aromatic rings. The maximum absolute atomic E-state index is 11.3. The lowest BCUT2D eigenvalue weighted by Crippen LogP contribution is -2.34. The van der Waals surface area contributed by atoms with Crippen molar-refractivity contribution in [3.05, 3.63) is 102 Å². The zero-order chi connectivity index (χ0) is 19.7. The number of nitrogens with two attached hydrogens (primary N) is 1. The van der Waals surface area contributed by atoms with Gasteiger partial charge in [0, 0.05) is 0 Å². The summed E-state index contributed by atoms with van der Waals surface area (Å²) in [5, 5.41) is 0. The van der Waals surface area contributed by atoms with Gasteiger partial charge in [0.2, 0.25) is 0 Å². The van der Waals surface area contributed by atoms with Gasteiger partial charge in [0.1, 0.15) is 0 Å². The van der Waals surface area contributed by atoms with E-state index in [9.17, 15) is 13.2 Å². The number of rotatable bonds is 4. The van der Waals surface area contributed by atoms with Crippen LogP contribution in [0.25, 0.3) is 0 Å². The number of carbonyl (C=O) groups excluding carboxylic acids is 1. The molecule has 0 atom stereocenters. The molecule has 0 aliphatic heterocycles. The highest BCUT2D eigenvalue weighted by Gasteiger charge is 2.14. The van der Waals surface area contributed by atoms with Gasteiger partial charge in [-0.1, -0.05) is 78.4 Å². The SMILES string of the molecule is Cc1ccc(S(=O)(=O)NC(N)=O)cc1.c1ccc(Cc2ccccc2)cc1. The molecule has 6 heteroatoms. The molecule has 3 rings (SSSR count). The van der Waals surface area contributed by atoms with Gasteiger partial charge in [0.15, 0.2) is 0 Å². The van der Waals surface area contributed by atoms with Crippen LogP contribution in [0.1, 0.15) is 16.7 Å². The highest BCUT2D eigenvalue weighted by Crippen LogP contribution is 2.09. The molecule has 140 valence electrons. The zero-order valence-electron chi connectivity index (χ0n) is 15.0. The van der Waals surface area contributed by atoms with E-state index >= 15 is 0 Å². The number of hydrogen-bond donors (Lipinski definition) is 2. The number of amides is 2. The summed E-state index contributed by atoms with van der Waals surface area (Å²) < 4.78 is 24.3. The maximum atomic E-state index is 11.3. The zero-order valence-corrected chi connectivity index (χ0v) is 15.8. The molecule has 3 aromatic carbocycles. The molecular weight excluding hydrogens is 360 g/mol. The van der Waals surface area contributed by atoms with E-state index in [0.29, 0.717) is 0 Å². The molecule has 0 fully saturated rings. The summed E-state index contributed by atoms with van der Waals surface area (Å²) >= 11 is 0. The summed E-state index contributed by atoms with van der Waals surface area (Å²) in [6, 6.07) is 26.0. The molecule has 0 aliphatic carbocycles. The predicted octanol–water partition coefficient (Wildman–Crippen LogP) is 3.63. The average molecular weight is 382 g/mol. The first-order chi connectivity index (χ1) is 12.9. The summed E-state index contributed by atoms with van der Waals surface area (Å²) in [7, 11) is -3.80. The highest BCUT2D eigenvalue weighted by molar-refractivity contribution is 7.90. The Labute approximate surface area is 159 Å². The van der Waals surface area contributed by atoms with Crippen molar-refractivity contribution in [1.82, 2.24) is 4.72 Å². The molecule has 0 bridgehead atoms. The van der Waals surface area contributed by atoms with E-state index in [0.717, 1.165) is 12.0 Å². The predicted molar refractivity (Wildman–Crippen MR) is 107 cm³/mol. The van der Waals surface area contributed by atoms with Gasteiger partial charge in [-0.3, -0.25) is 0 Å². The van der Waals surface area contributed by atoms with Crippen LogP contribution in [-0.4, -0.2) is 14.4 Å². The molecule has 2 amide bonds. The number of aryl methyl sites for hydroxylation is 1. The molecule has 0 spiro atoms. The normalized spacial score (nSPS) is 10.4. The van der Waals surface area contributed by atoms with Crippen molar-refractivity contribution >= 4 is 16.1 Å². The summed E-state index contributed by atoms with van der Waals surface area (Å²) in [6.45, 7) is 1.83. The second kappa shape index (κ2) is 9.54. The van der Waals surface area contributed by atoms with Gasteiger partial charge < -0.3 is 5.73 Å². The van der Waals surface area contributed by atoms with Crippen molar-refractivity contribution in [2.24, 2.45) is 5.73 Å². The van der Waals surface area contributed by atoms with Gasteiger partial charge in [-0.2, -0.15) is 0 Å². The van der Waals surface area contributed by atoms with Gasteiger partial charge in [0.05, 0.1) is 4.90 Å². The molecule has 0 unspecified atom stereocenters. The van der Waals surface area contributed by atoms with Gasteiger partial charge in [-0.15, -0.1) is 0 Å². The Kier molecular flexibility index (Phi) is 7.14. The fourth-order valence-corrected chi connectivity index (χ4v) is 3.21. The Hall–Kier alpha value is -3.12. The van der Waals surface area contributed by atoms with Crippen molar-refractivity contribution in [2.45, 2.75) is 18.2 Å². The summed E-state index contributed by atoms with van der Waals surface area (Å²) in [4.78, 5) is 10.4. The van der Waals surface area contributed by atoms with E-state index in [4.69, 9.17) is 5.73 Å². The first-order valence-corrected chi connectivity index (χ1v) is 9.82. The van der Waals surface area contributed by atoms with Gasteiger partial charge in [-0.05, 0) is 36.6 Å². The van der Waals surface area contributed by atoms with E-state index in [2.05, 4.69) is 60.7 Å². The van der Waals surface area contributed by atoms with E-state index in [1.807, 2.05) is 6.92 Å². The molecule has 0 radical (unpaired) electrons.